The Morgan fingerprint density at radius 2 is 1.14 bits per heavy atom. The molecule has 0 spiro atoms. The number of aromatic nitrogens is 4. The second-order valence-electron chi connectivity index (χ2n) is 12.7. The molecule has 0 aliphatic carbocycles. The summed E-state index contributed by atoms with van der Waals surface area (Å²) in [6.07, 6.45) is 1.90. The fourth-order valence-corrected chi connectivity index (χ4v) is 7.82. The Balaban J connectivity index is 1.09. The van der Waals surface area contributed by atoms with Crippen LogP contribution in [0.4, 0.5) is 0 Å². The van der Waals surface area contributed by atoms with E-state index in [1.807, 2.05) is 18.3 Å². The maximum Gasteiger partial charge on any atom is 0.237 e. The van der Waals surface area contributed by atoms with E-state index in [-0.39, 0.29) is 0 Å². The first-order valence-corrected chi connectivity index (χ1v) is 16.5. The second kappa shape index (κ2) is 9.89. The third-order valence-electron chi connectivity index (χ3n) is 10.00. The van der Waals surface area contributed by atoms with Gasteiger partial charge in [0.05, 0.1) is 27.6 Å². The molecule has 0 fully saturated rings. The topological polar surface area (TPSA) is 44.9 Å². The van der Waals surface area contributed by atoms with Gasteiger partial charge in [-0.1, -0.05) is 103 Å². The van der Waals surface area contributed by atoms with Crippen LogP contribution in [0.3, 0.4) is 0 Å². The molecule has 0 saturated heterocycles. The Kier molecular flexibility index (Phi) is 5.32. The van der Waals surface area contributed by atoms with E-state index >= 15 is 0 Å². The summed E-state index contributed by atoms with van der Waals surface area (Å²) in [5.41, 5.74) is 9.95. The van der Waals surface area contributed by atoms with E-state index in [1.54, 1.807) is 0 Å². The molecule has 3 aromatic heterocycles. The van der Waals surface area contributed by atoms with Crippen LogP contribution in [0.25, 0.3) is 88.3 Å². The van der Waals surface area contributed by atoms with Crippen molar-refractivity contribution in [2.24, 2.45) is 0 Å². The number of ether oxygens (including phenoxy) is 1. The van der Waals surface area contributed by atoms with Crippen LogP contribution in [0.15, 0.2) is 158 Å². The van der Waals surface area contributed by atoms with Crippen molar-refractivity contribution in [3.8, 4) is 45.5 Å². The van der Waals surface area contributed by atoms with Gasteiger partial charge in [0.15, 0.2) is 0 Å². The number of fused-ring (bicyclic) bond motifs is 8. The van der Waals surface area contributed by atoms with Crippen LogP contribution in [0.2, 0.25) is 0 Å². The number of para-hydroxylation sites is 3. The molecule has 5 heteroatoms. The van der Waals surface area contributed by atoms with Crippen LogP contribution in [0, 0.1) is 0 Å². The minimum atomic E-state index is 0.570. The monoisotopic (exact) mass is 626 g/mol. The highest BCUT2D eigenvalue weighted by molar-refractivity contribution is 6.12. The van der Waals surface area contributed by atoms with E-state index in [0.717, 1.165) is 66.3 Å². The van der Waals surface area contributed by atoms with Gasteiger partial charge in [-0.25, -0.2) is 4.98 Å². The Bertz CT molecular complexity index is 2970. The minimum Gasteiger partial charge on any atom is -0.438 e. The first-order chi connectivity index (χ1) is 24.3. The van der Waals surface area contributed by atoms with Gasteiger partial charge in [0.1, 0.15) is 5.75 Å². The van der Waals surface area contributed by atoms with Gasteiger partial charge in [0.25, 0.3) is 0 Å². The molecule has 10 aromatic rings. The number of nitrogens with zero attached hydrogens (tertiary/aromatic N) is 4. The predicted molar refractivity (Wildman–Crippen MR) is 199 cm³/mol. The van der Waals surface area contributed by atoms with Crippen LogP contribution in [-0.2, 0) is 0 Å². The van der Waals surface area contributed by atoms with Crippen LogP contribution in [0.5, 0.6) is 11.6 Å². The molecule has 228 valence electrons. The maximum absolute atomic E-state index is 6.42. The molecule has 4 heterocycles. The zero-order valence-corrected chi connectivity index (χ0v) is 26.2. The van der Waals surface area contributed by atoms with E-state index in [1.165, 1.54) is 21.8 Å². The molecule has 7 aromatic carbocycles. The molecular weight excluding hydrogens is 601 g/mol. The average Bonchev–Trinajstić information content (AvgIpc) is 3.67. The van der Waals surface area contributed by atoms with Crippen molar-refractivity contribution in [3.63, 3.8) is 0 Å². The van der Waals surface area contributed by atoms with Crippen LogP contribution in [0.1, 0.15) is 0 Å². The number of hydrogen-bond donors (Lipinski definition) is 0. The van der Waals surface area contributed by atoms with E-state index in [2.05, 4.69) is 149 Å². The molecule has 11 rings (SSSR count). The van der Waals surface area contributed by atoms with Gasteiger partial charge < -0.3 is 9.30 Å². The lowest BCUT2D eigenvalue weighted by Crippen LogP contribution is -2.06. The lowest BCUT2D eigenvalue weighted by atomic mass is 9.97. The van der Waals surface area contributed by atoms with Gasteiger partial charge in [-0.2, -0.15) is 4.98 Å². The van der Waals surface area contributed by atoms with Gasteiger partial charge in [0, 0.05) is 44.4 Å². The number of rotatable bonds is 3. The summed E-state index contributed by atoms with van der Waals surface area (Å²) in [6.45, 7) is 0. The predicted octanol–water partition coefficient (Wildman–Crippen LogP) is 11.3. The summed E-state index contributed by atoms with van der Waals surface area (Å²) in [5, 5.41) is 7.03. The summed E-state index contributed by atoms with van der Waals surface area (Å²) in [7, 11) is 0. The van der Waals surface area contributed by atoms with Gasteiger partial charge in [0.2, 0.25) is 11.8 Å². The third kappa shape index (κ3) is 3.75. The zero-order chi connectivity index (χ0) is 32.1. The standard InChI is InChI=1S/C44H26N4O/c1-2-12-30(13-3-1)47-37-17-6-4-14-31(37)33-22-20-29(25-40(33)47)28-21-23-39-35(24-28)32-15-5-7-18-38(32)48(39)44-45-26-36-34-16-8-10-27-11-9-19-41(42(27)34)49-43(36)46-44/h1-26H. The average molecular weight is 627 g/mol. The highest BCUT2D eigenvalue weighted by Gasteiger charge is 2.24. The van der Waals surface area contributed by atoms with Gasteiger partial charge >= 0.3 is 0 Å². The number of hydrogen-bond acceptors (Lipinski definition) is 3. The van der Waals surface area contributed by atoms with E-state index in [0.29, 0.717) is 11.8 Å². The highest BCUT2D eigenvalue weighted by atomic mass is 16.5. The van der Waals surface area contributed by atoms with Crippen LogP contribution < -0.4 is 4.74 Å². The molecule has 0 saturated carbocycles. The summed E-state index contributed by atoms with van der Waals surface area (Å²) >= 11 is 0. The van der Waals surface area contributed by atoms with Crippen molar-refractivity contribution in [2.45, 2.75) is 0 Å². The largest absolute Gasteiger partial charge is 0.438 e. The molecule has 49 heavy (non-hydrogen) atoms. The summed E-state index contributed by atoms with van der Waals surface area (Å²) in [6, 6.07) is 53.7. The molecule has 0 unspecified atom stereocenters. The Hall–Kier alpha value is -6.72. The summed E-state index contributed by atoms with van der Waals surface area (Å²) in [5.74, 6) is 1.97. The van der Waals surface area contributed by atoms with E-state index < -0.39 is 0 Å². The zero-order valence-electron chi connectivity index (χ0n) is 26.2. The van der Waals surface area contributed by atoms with Gasteiger partial charge in [-0.15, -0.1) is 0 Å². The van der Waals surface area contributed by atoms with Crippen molar-refractivity contribution in [2.75, 3.05) is 0 Å². The molecule has 1 aliphatic rings. The SMILES string of the molecule is c1ccc(-n2c3ccccc3c3ccc(-c4ccc5c(c4)c4ccccc4n5-c4ncc5c(n4)Oc4cccc6cccc-5c46)cc32)cc1. The van der Waals surface area contributed by atoms with Crippen LogP contribution >= 0.6 is 0 Å². The fourth-order valence-electron chi connectivity index (χ4n) is 7.82. The summed E-state index contributed by atoms with van der Waals surface area (Å²) < 4.78 is 10.9. The quantitative estimate of drug-likeness (QED) is 0.196. The molecule has 0 bridgehead atoms. The summed E-state index contributed by atoms with van der Waals surface area (Å²) in [4.78, 5) is 9.98. The van der Waals surface area contributed by atoms with Gasteiger partial charge in [-0.3, -0.25) is 4.57 Å². The van der Waals surface area contributed by atoms with E-state index in [9.17, 15) is 0 Å². The Morgan fingerprint density at radius 3 is 2.00 bits per heavy atom. The normalized spacial score (nSPS) is 12.2. The molecule has 1 aliphatic heterocycles. The lowest BCUT2D eigenvalue weighted by molar-refractivity contribution is 0.465. The second-order valence-corrected chi connectivity index (χ2v) is 12.7. The number of benzene rings is 7. The Labute approximate surface area is 280 Å². The molecule has 0 radical (unpaired) electrons. The van der Waals surface area contributed by atoms with Crippen molar-refractivity contribution in [3.05, 3.63) is 158 Å². The van der Waals surface area contributed by atoms with E-state index in [4.69, 9.17) is 14.7 Å². The fraction of sp³-hybridized carbons (Fsp3) is 0. The smallest absolute Gasteiger partial charge is 0.237 e. The highest BCUT2D eigenvalue weighted by Crippen LogP contribution is 2.46. The molecule has 0 N–H and O–H groups in total. The maximum atomic E-state index is 6.42. The van der Waals surface area contributed by atoms with Gasteiger partial charge in [-0.05, 0) is 65.0 Å². The molecule has 0 amide bonds. The first-order valence-electron chi connectivity index (χ1n) is 16.5. The van der Waals surface area contributed by atoms with Crippen molar-refractivity contribution >= 4 is 54.4 Å². The first kappa shape index (κ1) is 26.4. The van der Waals surface area contributed by atoms with Crippen LogP contribution in [-0.4, -0.2) is 19.1 Å². The lowest BCUT2D eigenvalue weighted by Gasteiger charge is -2.20. The van der Waals surface area contributed by atoms with Crippen molar-refractivity contribution in [1.82, 2.24) is 19.1 Å². The van der Waals surface area contributed by atoms with Crippen molar-refractivity contribution in [1.29, 1.82) is 0 Å². The minimum absolute atomic E-state index is 0.570. The molecule has 5 nitrogen and oxygen atoms in total. The molecule has 0 atom stereocenters. The Morgan fingerprint density at radius 1 is 0.469 bits per heavy atom. The third-order valence-corrected chi connectivity index (χ3v) is 10.00. The van der Waals surface area contributed by atoms with Crippen molar-refractivity contribution < 1.29 is 4.74 Å². The molecular formula is C44H26N4O.